The third kappa shape index (κ3) is 3.51. The first-order chi connectivity index (χ1) is 14.6. The van der Waals surface area contributed by atoms with Crippen LogP contribution >= 0.6 is 23.4 Å². The van der Waals surface area contributed by atoms with Crippen LogP contribution in [0.15, 0.2) is 75.5 Å². The van der Waals surface area contributed by atoms with Gasteiger partial charge in [-0.1, -0.05) is 29.4 Å². The molecule has 6 nitrogen and oxygen atoms in total. The Balaban J connectivity index is 1.55. The van der Waals surface area contributed by atoms with Gasteiger partial charge in [0.1, 0.15) is 11.4 Å². The molecule has 0 saturated carbocycles. The first-order valence-corrected chi connectivity index (χ1v) is 10.7. The molecule has 4 heterocycles. The lowest BCUT2D eigenvalue weighted by Crippen LogP contribution is -2.23. The maximum absolute atomic E-state index is 13.2. The third-order valence-corrected chi connectivity index (χ3v) is 6.10. The van der Waals surface area contributed by atoms with Crippen LogP contribution in [0.2, 0.25) is 5.02 Å². The predicted molar refractivity (Wildman–Crippen MR) is 118 cm³/mol. The number of hydrogen-bond donors (Lipinski definition) is 0. The Morgan fingerprint density at radius 1 is 1.17 bits per heavy atom. The number of halogens is 1. The maximum atomic E-state index is 13.2. The second-order valence-electron chi connectivity index (χ2n) is 6.97. The lowest BCUT2D eigenvalue weighted by Gasteiger charge is -2.12. The highest BCUT2D eigenvalue weighted by Crippen LogP contribution is 2.24. The fourth-order valence-electron chi connectivity index (χ4n) is 3.39. The lowest BCUT2D eigenvalue weighted by molar-refractivity contribution is 0.476. The van der Waals surface area contributed by atoms with Gasteiger partial charge in [0.25, 0.3) is 5.56 Å². The number of aryl methyl sites for hydroxylation is 1. The summed E-state index contributed by atoms with van der Waals surface area (Å²) >= 11 is 7.60. The molecule has 0 aliphatic carbocycles. The molecular formula is C22H17ClN4O2S. The molecule has 1 aromatic carbocycles. The average molecular weight is 437 g/mol. The van der Waals surface area contributed by atoms with E-state index < -0.39 is 0 Å². The molecule has 0 unspecified atom stereocenters. The smallest absolute Gasteiger partial charge is 0.262 e. The number of imidazole rings is 1. The van der Waals surface area contributed by atoms with E-state index in [2.05, 4.69) is 0 Å². The van der Waals surface area contributed by atoms with Gasteiger partial charge in [-0.2, -0.15) is 0 Å². The fourth-order valence-corrected chi connectivity index (χ4v) is 4.44. The first-order valence-electron chi connectivity index (χ1n) is 9.37. The first kappa shape index (κ1) is 19.0. The van der Waals surface area contributed by atoms with Crippen LogP contribution in [0.5, 0.6) is 0 Å². The van der Waals surface area contributed by atoms with Crippen molar-refractivity contribution in [1.82, 2.24) is 18.9 Å². The Labute approximate surface area is 181 Å². The van der Waals surface area contributed by atoms with Crippen LogP contribution in [0, 0.1) is 6.92 Å². The highest BCUT2D eigenvalue weighted by molar-refractivity contribution is 7.98. The topological polar surface area (TPSA) is 65.3 Å². The van der Waals surface area contributed by atoms with E-state index in [0.717, 1.165) is 16.9 Å². The molecule has 0 aliphatic heterocycles. The Hall–Kier alpha value is -3.03. The maximum Gasteiger partial charge on any atom is 0.262 e. The van der Waals surface area contributed by atoms with Crippen LogP contribution in [-0.4, -0.2) is 18.9 Å². The van der Waals surface area contributed by atoms with Crippen molar-refractivity contribution in [2.45, 2.75) is 24.4 Å². The van der Waals surface area contributed by atoms with Crippen LogP contribution in [0.3, 0.4) is 0 Å². The molecule has 0 radical (unpaired) electrons. The number of rotatable bonds is 5. The van der Waals surface area contributed by atoms with Crippen LogP contribution < -0.4 is 5.56 Å². The van der Waals surface area contributed by atoms with Crippen molar-refractivity contribution in [3.8, 4) is 0 Å². The molecule has 0 atom stereocenters. The molecule has 150 valence electrons. The van der Waals surface area contributed by atoms with E-state index in [4.69, 9.17) is 26.0 Å². The number of furan rings is 1. The van der Waals surface area contributed by atoms with E-state index in [9.17, 15) is 4.79 Å². The highest BCUT2D eigenvalue weighted by atomic mass is 35.5. The molecule has 0 fully saturated rings. The number of pyridine rings is 1. The number of thioether (sulfide) groups is 1. The molecular weight excluding hydrogens is 420 g/mol. The molecule has 0 spiro atoms. The SMILES string of the molecule is Cc1cccn2cc(CSc3nc4cc(Cl)ccc4c(=O)n3Cc3ccco3)nc12. The summed E-state index contributed by atoms with van der Waals surface area (Å²) in [5.41, 5.74) is 3.42. The summed E-state index contributed by atoms with van der Waals surface area (Å²) in [6, 6.07) is 12.8. The number of benzene rings is 1. The molecule has 8 heteroatoms. The van der Waals surface area contributed by atoms with Crippen LogP contribution in [0.4, 0.5) is 0 Å². The molecule has 4 aromatic heterocycles. The number of nitrogens with zero attached hydrogens (tertiary/aromatic N) is 4. The van der Waals surface area contributed by atoms with Crippen molar-refractivity contribution in [3.63, 3.8) is 0 Å². The molecule has 0 N–H and O–H groups in total. The minimum Gasteiger partial charge on any atom is -0.467 e. The summed E-state index contributed by atoms with van der Waals surface area (Å²) in [5.74, 6) is 1.27. The van der Waals surface area contributed by atoms with Crippen molar-refractivity contribution in [2.75, 3.05) is 0 Å². The van der Waals surface area contributed by atoms with Crippen LogP contribution in [-0.2, 0) is 12.3 Å². The van der Waals surface area contributed by atoms with Crippen molar-refractivity contribution >= 4 is 39.9 Å². The summed E-state index contributed by atoms with van der Waals surface area (Å²) < 4.78 is 9.11. The molecule has 0 amide bonds. The molecule has 0 aliphatic rings. The fraction of sp³-hybridized carbons (Fsp3) is 0.136. The zero-order valence-corrected chi connectivity index (χ0v) is 17.7. The van der Waals surface area contributed by atoms with Gasteiger partial charge in [0.15, 0.2) is 5.16 Å². The largest absolute Gasteiger partial charge is 0.467 e. The number of fused-ring (bicyclic) bond motifs is 2. The van der Waals surface area contributed by atoms with Gasteiger partial charge < -0.3 is 8.82 Å². The van der Waals surface area contributed by atoms with E-state index in [-0.39, 0.29) is 5.56 Å². The van der Waals surface area contributed by atoms with Gasteiger partial charge in [-0.05, 0) is 48.9 Å². The standard InChI is InChI=1S/C22H17ClN4O2S/c1-14-4-2-8-26-11-16(24-20(14)26)13-30-22-25-19-10-15(23)6-7-18(19)21(28)27(22)12-17-5-3-9-29-17/h2-11H,12-13H2,1H3. The molecule has 5 aromatic rings. The number of hydrogen-bond acceptors (Lipinski definition) is 5. The van der Waals surface area contributed by atoms with Gasteiger partial charge in [0, 0.05) is 23.2 Å². The zero-order chi connectivity index (χ0) is 20.7. The van der Waals surface area contributed by atoms with Gasteiger partial charge in [-0.15, -0.1) is 0 Å². The Bertz CT molecular complexity index is 1420. The van der Waals surface area contributed by atoms with Gasteiger partial charge >= 0.3 is 0 Å². The van der Waals surface area contributed by atoms with Gasteiger partial charge in [0.2, 0.25) is 0 Å². The summed E-state index contributed by atoms with van der Waals surface area (Å²) in [7, 11) is 0. The summed E-state index contributed by atoms with van der Waals surface area (Å²) in [6.07, 6.45) is 5.58. The van der Waals surface area contributed by atoms with Gasteiger partial charge in [0.05, 0.1) is 29.4 Å². The van der Waals surface area contributed by atoms with Crippen molar-refractivity contribution in [1.29, 1.82) is 0 Å². The molecule has 5 rings (SSSR count). The van der Waals surface area contributed by atoms with E-state index in [1.807, 2.05) is 41.9 Å². The quantitative estimate of drug-likeness (QED) is 0.288. The van der Waals surface area contributed by atoms with Crippen molar-refractivity contribution in [2.24, 2.45) is 0 Å². The lowest BCUT2D eigenvalue weighted by atomic mass is 10.2. The third-order valence-electron chi connectivity index (χ3n) is 4.85. The van der Waals surface area contributed by atoms with E-state index in [0.29, 0.717) is 39.1 Å². The zero-order valence-electron chi connectivity index (χ0n) is 16.1. The summed E-state index contributed by atoms with van der Waals surface area (Å²) in [4.78, 5) is 22.6. The van der Waals surface area contributed by atoms with Crippen LogP contribution in [0.25, 0.3) is 16.6 Å². The van der Waals surface area contributed by atoms with E-state index >= 15 is 0 Å². The molecule has 0 bridgehead atoms. The van der Waals surface area contributed by atoms with E-state index in [1.165, 1.54) is 11.8 Å². The number of aromatic nitrogens is 4. The minimum absolute atomic E-state index is 0.124. The second kappa shape index (κ2) is 7.66. The van der Waals surface area contributed by atoms with E-state index in [1.54, 1.807) is 35.1 Å². The predicted octanol–water partition coefficient (Wildman–Crippen LogP) is 4.94. The Morgan fingerprint density at radius 3 is 2.87 bits per heavy atom. The molecule has 30 heavy (non-hydrogen) atoms. The van der Waals surface area contributed by atoms with Crippen molar-refractivity contribution in [3.05, 3.63) is 93.5 Å². The van der Waals surface area contributed by atoms with Gasteiger partial charge in [-0.3, -0.25) is 9.36 Å². The second-order valence-corrected chi connectivity index (χ2v) is 8.35. The minimum atomic E-state index is -0.124. The monoisotopic (exact) mass is 436 g/mol. The molecule has 0 saturated heterocycles. The Morgan fingerprint density at radius 2 is 2.07 bits per heavy atom. The average Bonchev–Trinajstić information content (AvgIpc) is 3.39. The van der Waals surface area contributed by atoms with Crippen LogP contribution in [0.1, 0.15) is 17.0 Å². The summed E-state index contributed by atoms with van der Waals surface area (Å²) in [5, 5.41) is 1.67. The Kier molecular flexibility index (Phi) is 4.84. The normalized spacial score (nSPS) is 11.5. The van der Waals surface area contributed by atoms with Gasteiger partial charge in [-0.25, -0.2) is 9.97 Å². The van der Waals surface area contributed by atoms with Crippen molar-refractivity contribution < 1.29 is 4.42 Å². The summed E-state index contributed by atoms with van der Waals surface area (Å²) in [6.45, 7) is 2.35. The highest BCUT2D eigenvalue weighted by Gasteiger charge is 2.15.